The van der Waals surface area contributed by atoms with Crippen molar-refractivity contribution >= 4 is 5.71 Å². The van der Waals surface area contributed by atoms with E-state index in [1.807, 2.05) is 0 Å². The van der Waals surface area contributed by atoms with Crippen LogP contribution < -0.4 is 5.32 Å². The normalized spacial score (nSPS) is 20.0. The van der Waals surface area contributed by atoms with Gasteiger partial charge < -0.3 is 10.8 Å². The lowest BCUT2D eigenvalue weighted by Gasteiger charge is -2.09. The third-order valence-corrected chi connectivity index (χ3v) is 1.57. The standard InChI is InChI=1S/C6H8N4O2/c7-9-5-2-1-3-8-6(5)4-10(11)12/h4,8H,1-3H2/b6-4+. The summed E-state index contributed by atoms with van der Waals surface area (Å²) in [5.41, 5.74) is 9.10. The quantitative estimate of drug-likeness (QED) is 0.261. The molecule has 0 bridgehead atoms. The molecule has 0 amide bonds. The van der Waals surface area contributed by atoms with Crippen LogP contribution in [0.15, 0.2) is 11.9 Å². The van der Waals surface area contributed by atoms with Gasteiger partial charge in [0.1, 0.15) is 0 Å². The Morgan fingerprint density at radius 1 is 1.75 bits per heavy atom. The van der Waals surface area contributed by atoms with Crippen LogP contribution >= 0.6 is 0 Å². The molecule has 1 fully saturated rings. The van der Waals surface area contributed by atoms with E-state index >= 15 is 0 Å². The fourth-order valence-corrected chi connectivity index (χ4v) is 1.05. The van der Waals surface area contributed by atoms with Crippen molar-refractivity contribution in [3.8, 4) is 0 Å². The molecule has 12 heavy (non-hydrogen) atoms. The van der Waals surface area contributed by atoms with E-state index < -0.39 is 4.92 Å². The van der Waals surface area contributed by atoms with Crippen molar-refractivity contribution in [1.29, 1.82) is 0 Å². The van der Waals surface area contributed by atoms with Crippen LogP contribution in [0, 0.1) is 10.1 Å². The molecule has 0 atom stereocenters. The van der Waals surface area contributed by atoms with Gasteiger partial charge in [-0.25, -0.2) is 0 Å². The predicted molar refractivity (Wildman–Crippen MR) is 40.9 cm³/mol. The van der Waals surface area contributed by atoms with Crippen molar-refractivity contribution in [2.75, 3.05) is 6.54 Å². The lowest BCUT2D eigenvalue weighted by molar-refractivity contribution is -0.403. The summed E-state index contributed by atoms with van der Waals surface area (Å²) < 4.78 is 0. The Hall–Kier alpha value is -1.68. The molecule has 0 saturated carbocycles. The summed E-state index contributed by atoms with van der Waals surface area (Å²) >= 11 is 0. The van der Waals surface area contributed by atoms with Crippen molar-refractivity contribution in [2.45, 2.75) is 12.8 Å². The molecule has 1 heterocycles. The number of nitrogens with zero attached hydrogens (tertiary/aromatic N) is 3. The first kappa shape index (κ1) is 8.42. The number of nitrogens with one attached hydrogen (secondary N) is 1. The molecule has 0 aliphatic carbocycles. The molecule has 0 aromatic rings. The van der Waals surface area contributed by atoms with E-state index in [0.717, 1.165) is 12.6 Å². The topological polar surface area (TPSA) is 91.6 Å². The van der Waals surface area contributed by atoms with Crippen LogP contribution in [0.5, 0.6) is 0 Å². The van der Waals surface area contributed by atoms with Gasteiger partial charge in [-0.3, -0.25) is 10.1 Å². The highest BCUT2D eigenvalue weighted by Crippen LogP contribution is 2.05. The Kier molecular flexibility index (Phi) is 2.55. The van der Waals surface area contributed by atoms with Crippen molar-refractivity contribution < 1.29 is 9.71 Å². The van der Waals surface area contributed by atoms with Crippen LogP contribution in [0.25, 0.3) is 5.53 Å². The first-order chi connectivity index (χ1) is 5.74. The lowest BCUT2D eigenvalue weighted by Crippen LogP contribution is -2.29. The summed E-state index contributed by atoms with van der Waals surface area (Å²) in [5.74, 6) is 0. The van der Waals surface area contributed by atoms with E-state index in [0.29, 0.717) is 24.4 Å². The number of allylic oxidation sites excluding steroid dienone is 1. The highest BCUT2D eigenvalue weighted by Gasteiger charge is 2.22. The van der Waals surface area contributed by atoms with Crippen LogP contribution in [-0.4, -0.2) is 22.0 Å². The molecule has 1 saturated heterocycles. The third-order valence-electron chi connectivity index (χ3n) is 1.57. The summed E-state index contributed by atoms with van der Waals surface area (Å²) in [7, 11) is 0. The monoisotopic (exact) mass is 168 g/mol. The van der Waals surface area contributed by atoms with Crippen molar-refractivity contribution in [1.82, 2.24) is 5.32 Å². The second kappa shape index (κ2) is 3.64. The molecule has 1 rings (SSSR count). The Bertz CT molecular complexity index is 277. The minimum Gasteiger partial charge on any atom is -0.374 e. The molecular weight excluding hydrogens is 160 g/mol. The molecule has 6 nitrogen and oxygen atoms in total. The zero-order valence-corrected chi connectivity index (χ0v) is 6.36. The molecule has 0 spiro atoms. The van der Waals surface area contributed by atoms with Crippen molar-refractivity contribution in [2.24, 2.45) is 0 Å². The summed E-state index contributed by atoms with van der Waals surface area (Å²) in [4.78, 5) is 12.5. The van der Waals surface area contributed by atoms with E-state index in [4.69, 9.17) is 5.53 Å². The molecular formula is C6H8N4O2. The predicted octanol–water partition coefficient (Wildman–Crippen LogP) is 0.159. The van der Waals surface area contributed by atoms with Gasteiger partial charge in [-0.1, -0.05) is 0 Å². The van der Waals surface area contributed by atoms with Crippen molar-refractivity contribution in [3.63, 3.8) is 0 Å². The maximum atomic E-state index is 10.1. The number of hydrogen-bond acceptors (Lipinski definition) is 3. The van der Waals surface area contributed by atoms with Gasteiger partial charge in [0.15, 0.2) is 5.70 Å². The number of piperidine rings is 1. The molecule has 0 aromatic carbocycles. The molecule has 0 aromatic heterocycles. The van der Waals surface area contributed by atoms with E-state index in [1.165, 1.54) is 0 Å². The fraction of sp³-hybridized carbons (Fsp3) is 0.500. The van der Waals surface area contributed by atoms with E-state index in [1.54, 1.807) is 0 Å². The van der Waals surface area contributed by atoms with Gasteiger partial charge in [-0.2, -0.15) is 4.79 Å². The highest BCUT2D eigenvalue weighted by molar-refractivity contribution is 5.95. The van der Waals surface area contributed by atoms with Gasteiger partial charge in [-0.15, -0.1) is 0 Å². The number of hydrogen-bond donors (Lipinski definition) is 1. The maximum absolute atomic E-state index is 10.1. The van der Waals surface area contributed by atoms with Gasteiger partial charge in [0.05, 0.1) is 11.3 Å². The van der Waals surface area contributed by atoms with Gasteiger partial charge >= 0.3 is 5.71 Å². The van der Waals surface area contributed by atoms with Crippen LogP contribution in [0.3, 0.4) is 0 Å². The SMILES string of the molecule is [N-]=[N+]=C1CCCN/C1=C/[N+](=O)[O-]. The smallest absolute Gasteiger partial charge is 0.321 e. The minimum atomic E-state index is -0.571. The number of rotatable bonds is 1. The van der Waals surface area contributed by atoms with E-state index in [9.17, 15) is 10.1 Å². The molecule has 64 valence electrons. The van der Waals surface area contributed by atoms with Crippen LogP contribution in [0.2, 0.25) is 0 Å². The summed E-state index contributed by atoms with van der Waals surface area (Å²) in [6, 6.07) is 0. The Labute approximate surface area is 68.7 Å². The average molecular weight is 168 g/mol. The van der Waals surface area contributed by atoms with E-state index in [-0.39, 0.29) is 0 Å². The van der Waals surface area contributed by atoms with Crippen LogP contribution in [-0.2, 0) is 0 Å². The lowest BCUT2D eigenvalue weighted by atomic mass is 10.1. The molecule has 1 aliphatic rings. The van der Waals surface area contributed by atoms with Gasteiger partial charge in [0.25, 0.3) is 6.20 Å². The molecule has 6 heteroatoms. The van der Waals surface area contributed by atoms with Crippen LogP contribution in [0.1, 0.15) is 12.8 Å². The minimum absolute atomic E-state index is 0.300. The van der Waals surface area contributed by atoms with E-state index in [2.05, 4.69) is 10.1 Å². The maximum Gasteiger partial charge on any atom is 0.321 e. The second-order valence-electron chi connectivity index (χ2n) is 2.41. The molecule has 1 N–H and O–H groups in total. The third kappa shape index (κ3) is 1.90. The first-order valence-electron chi connectivity index (χ1n) is 3.54. The zero-order chi connectivity index (χ0) is 8.97. The summed E-state index contributed by atoms with van der Waals surface area (Å²) in [5, 5.41) is 12.9. The second-order valence-corrected chi connectivity index (χ2v) is 2.41. The molecule has 0 radical (unpaired) electrons. The molecule has 1 aliphatic heterocycles. The summed E-state index contributed by atoms with van der Waals surface area (Å²) in [6.07, 6.45) is 2.21. The largest absolute Gasteiger partial charge is 0.374 e. The first-order valence-corrected chi connectivity index (χ1v) is 3.54. The summed E-state index contributed by atoms with van der Waals surface area (Å²) in [6.45, 7) is 0.679. The fourth-order valence-electron chi connectivity index (χ4n) is 1.05. The van der Waals surface area contributed by atoms with Gasteiger partial charge in [0.2, 0.25) is 0 Å². The number of nitro groups is 1. The van der Waals surface area contributed by atoms with Crippen LogP contribution in [0.4, 0.5) is 0 Å². The molecule has 0 unspecified atom stereocenters. The Morgan fingerprint density at radius 2 is 2.50 bits per heavy atom. The Morgan fingerprint density at radius 3 is 3.08 bits per heavy atom. The Balaban J connectivity index is 2.86. The zero-order valence-electron chi connectivity index (χ0n) is 6.36. The van der Waals surface area contributed by atoms with Crippen molar-refractivity contribution in [3.05, 3.63) is 27.5 Å². The van der Waals surface area contributed by atoms with Gasteiger partial charge in [-0.05, 0) is 6.42 Å². The average Bonchev–Trinajstić information content (AvgIpc) is 2.04. The van der Waals surface area contributed by atoms with Gasteiger partial charge in [0, 0.05) is 6.54 Å². The highest BCUT2D eigenvalue weighted by atomic mass is 16.6.